The van der Waals surface area contributed by atoms with Crippen LogP contribution < -0.4 is 5.73 Å². The van der Waals surface area contributed by atoms with Crippen molar-refractivity contribution in [3.63, 3.8) is 0 Å². The molecule has 0 aliphatic carbocycles. The number of carbonyl (C=O) groups excluding carboxylic acids is 2. The first-order valence-electron chi connectivity index (χ1n) is 6.28. The van der Waals surface area contributed by atoms with Crippen LogP contribution in [0.4, 0.5) is 0 Å². The summed E-state index contributed by atoms with van der Waals surface area (Å²) >= 11 is 0. The lowest BCUT2D eigenvalue weighted by atomic mass is 10.0. The molecule has 0 fully saturated rings. The lowest BCUT2D eigenvalue weighted by Gasteiger charge is -2.17. The average Bonchev–Trinajstić information content (AvgIpc) is 2.42. The Bertz CT molecular complexity index is 420. The van der Waals surface area contributed by atoms with Gasteiger partial charge in [-0.05, 0) is 18.6 Å². The highest BCUT2D eigenvalue weighted by molar-refractivity contribution is 5.85. The third-order valence-corrected chi connectivity index (χ3v) is 2.94. The Morgan fingerprint density at radius 3 is 2.79 bits per heavy atom. The van der Waals surface area contributed by atoms with Gasteiger partial charge in [-0.15, -0.1) is 0 Å². The topological polar surface area (TPSA) is 76.3 Å². The lowest BCUT2D eigenvalue weighted by Crippen LogP contribution is -2.30. The van der Waals surface area contributed by atoms with Gasteiger partial charge in [0.15, 0.2) is 0 Å². The first-order chi connectivity index (χ1) is 9.00. The summed E-state index contributed by atoms with van der Waals surface area (Å²) in [5.41, 5.74) is 6.09. The van der Waals surface area contributed by atoms with Crippen LogP contribution in [0.3, 0.4) is 0 Å². The summed E-state index contributed by atoms with van der Waals surface area (Å²) in [6.07, 6.45) is 4.33. The molecular formula is C14H20N3O2. The number of hydrogen-bond donors (Lipinski definition) is 1. The van der Waals surface area contributed by atoms with Crippen molar-refractivity contribution in [3.8, 4) is 0 Å². The predicted molar refractivity (Wildman–Crippen MR) is 72.9 cm³/mol. The smallest absolute Gasteiger partial charge is 0.226 e. The highest BCUT2D eigenvalue weighted by atomic mass is 16.2. The van der Waals surface area contributed by atoms with Crippen molar-refractivity contribution < 1.29 is 9.59 Å². The van der Waals surface area contributed by atoms with Crippen LogP contribution in [0.15, 0.2) is 24.4 Å². The molecule has 1 aromatic rings. The Balaban J connectivity index is 2.31. The Hall–Kier alpha value is -1.91. The van der Waals surface area contributed by atoms with Gasteiger partial charge in [0, 0.05) is 37.8 Å². The van der Waals surface area contributed by atoms with E-state index in [0.717, 1.165) is 5.69 Å². The van der Waals surface area contributed by atoms with Gasteiger partial charge >= 0.3 is 0 Å². The van der Waals surface area contributed by atoms with Crippen LogP contribution in [0, 0.1) is 12.3 Å². The molecule has 103 valence electrons. The summed E-state index contributed by atoms with van der Waals surface area (Å²) in [5, 5.41) is 0. The highest BCUT2D eigenvalue weighted by Gasteiger charge is 2.14. The zero-order valence-electron chi connectivity index (χ0n) is 11.4. The molecule has 0 bridgehead atoms. The quantitative estimate of drug-likeness (QED) is 0.789. The van der Waals surface area contributed by atoms with Crippen molar-refractivity contribution in [1.29, 1.82) is 0 Å². The second-order valence-electron chi connectivity index (χ2n) is 4.57. The number of carbonyl (C=O) groups is 2. The minimum Gasteiger partial charge on any atom is -0.369 e. The second-order valence-corrected chi connectivity index (χ2v) is 4.57. The maximum Gasteiger partial charge on any atom is 0.226 e. The third-order valence-electron chi connectivity index (χ3n) is 2.94. The van der Waals surface area contributed by atoms with Crippen molar-refractivity contribution in [2.75, 3.05) is 13.6 Å². The summed E-state index contributed by atoms with van der Waals surface area (Å²) in [6, 6.07) is 5.71. The Labute approximate surface area is 113 Å². The number of pyridine rings is 1. The van der Waals surface area contributed by atoms with Crippen molar-refractivity contribution in [1.82, 2.24) is 9.88 Å². The molecule has 5 heteroatoms. The van der Waals surface area contributed by atoms with Gasteiger partial charge in [-0.1, -0.05) is 13.0 Å². The highest BCUT2D eigenvalue weighted by Crippen LogP contribution is 2.06. The van der Waals surface area contributed by atoms with Crippen LogP contribution in [0.1, 0.15) is 19.0 Å². The van der Waals surface area contributed by atoms with E-state index in [4.69, 9.17) is 5.73 Å². The van der Waals surface area contributed by atoms with Crippen molar-refractivity contribution in [3.05, 3.63) is 36.5 Å². The van der Waals surface area contributed by atoms with Crippen LogP contribution in [-0.2, 0) is 16.0 Å². The fourth-order valence-electron chi connectivity index (χ4n) is 1.49. The zero-order chi connectivity index (χ0) is 14.3. The van der Waals surface area contributed by atoms with E-state index in [0.29, 0.717) is 19.4 Å². The van der Waals surface area contributed by atoms with Crippen LogP contribution in [0.2, 0.25) is 0 Å². The van der Waals surface area contributed by atoms with Gasteiger partial charge in [0.1, 0.15) is 0 Å². The first kappa shape index (κ1) is 15.1. The molecule has 0 spiro atoms. The molecule has 0 unspecified atom stereocenters. The Morgan fingerprint density at radius 2 is 2.21 bits per heavy atom. The number of nitrogens with two attached hydrogens (primary N) is 1. The molecule has 19 heavy (non-hydrogen) atoms. The van der Waals surface area contributed by atoms with Gasteiger partial charge in [0.05, 0.1) is 6.42 Å². The third kappa shape index (κ3) is 5.50. The Morgan fingerprint density at radius 1 is 1.47 bits per heavy atom. The molecule has 2 amide bonds. The van der Waals surface area contributed by atoms with E-state index in [1.54, 1.807) is 25.1 Å². The van der Waals surface area contributed by atoms with Crippen LogP contribution >= 0.6 is 0 Å². The molecule has 0 aromatic carbocycles. The maximum absolute atomic E-state index is 11.8. The molecule has 0 aliphatic heterocycles. The molecule has 1 radical (unpaired) electrons. The standard InChI is InChI=1S/C14H20N3O2/c1-11(14(15)19)6-7-13(18)17(2)10-8-12-5-3-4-9-16-12/h3-5,7,9,11H,6,8,10H2,1-2H3,(H2,15,19)/t11-/m0/s1. The van der Waals surface area contributed by atoms with Crippen LogP contribution in [0.25, 0.3) is 0 Å². The largest absolute Gasteiger partial charge is 0.369 e. The number of nitrogens with zero attached hydrogens (tertiary/aromatic N) is 2. The second kappa shape index (κ2) is 7.51. The molecule has 2 N–H and O–H groups in total. The average molecular weight is 262 g/mol. The minimum atomic E-state index is -0.389. The first-order valence-corrected chi connectivity index (χ1v) is 6.28. The number of primary amides is 1. The molecule has 0 aliphatic rings. The normalized spacial score (nSPS) is 11.9. The predicted octanol–water partition coefficient (Wildman–Crippen LogP) is 0.798. The minimum absolute atomic E-state index is 0.0935. The van der Waals surface area contributed by atoms with E-state index in [-0.39, 0.29) is 17.7 Å². The number of amides is 2. The number of aromatic nitrogens is 1. The number of likely N-dealkylation sites (N-methyl/N-ethyl adjacent to an activating group) is 1. The summed E-state index contributed by atoms with van der Waals surface area (Å²) < 4.78 is 0. The summed E-state index contributed by atoms with van der Waals surface area (Å²) in [5.74, 6) is -0.794. The maximum atomic E-state index is 11.8. The van der Waals surface area contributed by atoms with E-state index in [2.05, 4.69) is 4.98 Å². The van der Waals surface area contributed by atoms with E-state index >= 15 is 0 Å². The lowest BCUT2D eigenvalue weighted by molar-refractivity contribution is -0.126. The summed E-state index contributed by atoms with van der Waals surface area (Å²) in [7, 11) is 1.73. The van der Waals surface area contributed by atoms with Gasteiger partial charge in [-0.2, -0.15) is 0 Å². The molecule has 0 saturated heterocycles. The van der Waals surface area contributed by atoms with Crippen molar-refractivity contribution in [2.24, 2.45) is 11.7 Å². The van der Waals surface area contributed by atoms with Crippen LogP contribution in [-0.4, -0.2) is 35.3 Å². The zero-order valence-corrected chi connectivity index (χ0v) is 11.4. The van der Waals surface area contributed by atoms with Crippen LogP contribution in [0.5, 0.6) is 0 Å². The molecule has 0 saturated carbocycles. The fraction of sp³-hybridized carbons (Fsp3) is 0.429. The summed E-state index contributed by atoms with van der Waals surface area (Å²) in [6.45, 7) is 2.30. The molecule has 1 atom stereocenters. The van der Waals surface area contributed by atoms with Gasteiger partial charge < -0.3 is 10.6 Å². The fourth-order valence-corrected chi connectivity index (χ4v) is 1.49. The number of rotatable bonds is 7. The Kier molecular flexibility index (Phi) is 5.99. The van der Waals surface area contributed by atoms with Gasteiger partial charge in [-0.25, -0.2) is 0 Å². The van der Waals surface area contributed by atoms with E-state index in [9.17, 15) is 9.59 Å². The van der Waals surface area contributed by atoms with E-state index < -0.39 is 0 Å². The van der Waals surface area contributed by atoms with Gasteiger partial charge in [0.25, 0.3) is 0 Å². The summed E-state index contributed by atoms with van der Waals surface area (Å²) in [4.78, 5) is 28.5. The van der Waals surface area contributed by atoms with E-state index in [1.165, 1.54) is 6.42 Å². The van der Waals surface area contributed by atoms with Crippen molar-refractivity contribution in [2.45, 2.75) is 19.8 Å². The molecular weight excluding hydrogens is 242 g/mol. The van der Waals surface area contributed by atoms with Gasteiger partial charge in [-0.3, -0.25) is 14.6 Å². The molecule has 1 aromatic heterocycles. The van der Waals surface area contributed by atoms with E-state index in [1.807, 2.05) is 18.2 Å². The molecule has 1 heterocycles. The molecule has 1 rings (SSSR count). The SMILES string of the molecule is C[C@@H](C[CH]C(=O)N(C)CCc1ccccn1)C(N)=O. The molecule has 5 nitrogen and oxygen atoms in total. The monoisotopic (exact) mass is 262 g/mol. The van der Waals surface area contributed by atoms with Crippen molar-refractivity contribution >= 4 is 11.8 Å². The number of hydrogen-bond acceptors (Lipinski definition) is 3. The van der Waals surface area contributed by atoms with Gasteiger partial charge in [0.2, 0.25) is 11.8 Å².